The lowest BCUT2D eigenvalue weighted by Gasteiger charge is -2.25. The van der Waals surface area contributed by atoms with Gasteiger partial charge >= 0.3 is 5.97 Å². The van der Waals surface area contributed by atoms with Gasteiger partial charge in [0.25, 0.3) is 0 Å². The highest BCUT2D eigenvalue weighted by Gasteiger charge is 2.41. The number of rotatable bonds is 3. The average molecular weight is 344 g/mol. The van der Waals surface area contributed by atoms with Gasteiger partial charge in [0.05, 0.1) is 5.92 Å². The van der Waals surface area contributed by atoms with Gasteiger partial charge in [-0.15, -0.1) is 0 Å². The Morgan fingerprint density at radius 1 is 1.10 bits per heavy atom. The summed E-state index contributed by atoms with van der Waals surface area (Å²) in [6, 6.07) is 13.5. The van der Waals surface area contributed by atoms with E-state index in [0.717, 1.165) is 23.6 Å². The third-order valence-corrected chi connectivity index (χ3v) is 4.11. The van der Waals surface area contributed by atoms with Crippen molar-refractivity contribution in [1.29, 1.82) is 0 Å². The molecule has 1 aliphatic carbocycles. The summed E-state index contributed by atoms with van der Waals surface area (Å²) in [6.07, 6.45) is 0.798. The molecule has 0 N–H and O–H groups in total. The minimum atomic E-state index is -1.70. The van der Waals surface area contributed by atoms with Crippen LogP contribution >= 0.6 is 34.8 Å². The standard InChI is InChI=1S/C16H13Cl3O2/c17-16(18,19)14(21-15(20)11-6-7-11)13-8-5-10-3-1-2-4-12(10)9-13/h1-5,8-9,11,14H,6-7H2. The van der Waals surface area contributed by atoms with Crippen LogP contribution in [0.1, 0.15) is 24.5 Å². The molecule has 1 fully saturated rings. The monoisotopic (exact) mass is 342 g/mol. The van der Waals surface area contributed by atoms with Crippen LogP contribution in [0.5, 0.6) is 0 Å². The van der Waals surface area contributed by atoms with Gasteiger partial charge in [-0.2, -0.15) is 0 Å². The zero-order chi connectivity index (χ0) is 15.0. The van der Waals surface area contributed by atoms with Crippen LogP contribution in [0.25, 0.3) is 10.8 Å². The molecule has 0 spiro atoms. The lowest BCUT2D eigenvalue weighted by Crippen LogP contribution is -2.24. The SMILES string of the molecule is O=C(OC(c1ccc2ccccc2c1)C(Cl)(Cl)Cl)C1CC1. The Kier molecular flexibility index (Phi) is 4.04. The maximum absolute atomic E-state index is 11.9. The molecule has 2 nitrogen and oxygen atoms in total. The van der Waals surface area contributed by atoms with Gasteiger partial charge in [-0.1, -0.05) is 71.2 Å². The van der Waals surface area contributed by atoms with Crippen molar-refractivity contribution in [3.05, 3.63) is 48.0 Å². The van der Waals surface area contributed by atoms with E-state index in [1.165, 1.54) is 0 Å². The molecule has 2 aromatic carbocycles. The molecular weight excluding hydrogens is 331 g/mol. The van der Waals surface area contributed by atoms with E-state index >= 15 is 0 Å². The number of fused-ring (bicyclic) bond motifs is 1. The molecule has 2 aromatic rings. The Hall–Kier alpha value is -0.960. The van der Waals surface area contributed by atoms with E-state index in [1.807, 2.05) is 42.5 Å². The first kappa shape index (κ1) is 15.0. The summed E-state index contributed by atoms with van der Waals surface area (Å²) in [6.45, 7) is 0. The second-order valence-electron chi connectivity index (χ2n) is 5.24. The molecule has 0 saturated heterocycles. The number of esters is 1. The first-order valence-electron chi connectivity index (χ1n) is 6.71. The number of carbonyl (C=O) groups is 1. The summed E-state index contributed by atoms with van der Waals surface area (Å²) in [5.74, 6) is -0.334. The van der Waals surface area contributed by atoms with E-state index in [2.05, 4.69) is 0 Å². The zero-order valence-electron chi connectivity index (χ0n) is 11.1. The van der Waals surface area contributed by atoms with Gasteiger partial charge < -0.3 is 4.74 Å². The molecule has 1 aliphatic rings. The zero-order valence-corrected chi connectivity index (χ0v) is 13.3. The predicted octanol–water partition coefficient (Wildman–Crippen LogP) is 5.20. The highest BCUT2D eigenvalue weighted by Crippen LogP contribution is 2.44. The van der Waals surface area contributed by atoms with E-state index in [9.17, 15) is 4.79 Å². The van der Waals surface area contributed by atoms with Gasteiger partial charge in [0.2, 0.25) is 3.79 Å². The Bertz CT molecular complexity index is 675. The first-order valence-corrected chi connectivity index (χ1v) is 7.84. The van der Waals surface area contributed by atoms with Crippen molar-refractivity contribution in [3.8, 4) is 0 Å². The minimum absolute atomic E-state index is 0.0414. The lowest BCUT2D eigenvalue weighted by molar-refractivity contribution is -0.150. The summed E-state index contributed by atoms with van der Waals surface area (Å²) in [7, 11) is 0. The van der Waals surface area contributed by atoms with Crippen LogP contribution in [0.15, 0.2) is 42.5 Å². The van der Waals surface area contributed by atoms with Crippen molar-refractivity contribution in [3.63, 3.8) is 0 Å². The molecule has 0 aromatic heterocycles. The van der Waals surface area contributed by atoms with Gasteiger partial charge in [0.1, 0.15) is 0 Å². The quantitative estimate of drug-likeness (QED) is 0.565. The van der Waals surface area contributed by atoms with Gasteiger partial charge in [-0.25, -0.2) is 0 Å². The van der Waals surface area contributed by atoms with Crippen LogP contribution in [-0.4, -0.2) is 9.76 Å². The van der Waals surface area contributed by atoms with Crippen LogP contribution in [0.4, 0.5) is 0 Å². The maximum atomic E-state index is 11.9. The number of hydrogen-bond acceptors (Lipinski definition) is 2. The third kappa shape index (κ3) is 3.45. The molecule has 0 radical (unpaired) electrons. The fourth-order valence-electron chi connectivity index (χ4n) is 2.23. The summed E-state index contributed by atoms with van der Waals surface area (Å²) in [5, 5.41) is 2.09. The van der Waals surface area contributed by atoms with Crippen LogP contribution < -0.4 is 0 Å². The Morgan fingerprint density at radius 3 is 2.38 bits per heavy atom. The largest absolute Gasteiger partial charge is 0.453 e. The topological polar surface area (TPSA) is 26.3 Å². The van der Waals surface area contributed by atoms with Gasteiger partial charge in [-0.05, 0) is 35.2 Å². The number of alkyl halides is 3. The molecule has 3 rings (SSSR count). The molecule has 110 valence electrons. The second kappa shape index (κ2) is 5.68. The summed E-state index contributed by atoms with van der Waals surface area (Å²) in [4.78, 5) is 11.9. The van der Waals surface area contributed by atoms with Gasteiger partial charge in [-0.3, -0.25) is 4.79 Å². The molecule has 1 unspecified atom stereocenters. The van der Waals surface area contributed by atoms with Crippen LogP contribution in [0.3, 0.4) is 0 Å². The molecule has 0 amide bonds. The third-order valence-electron chi connectivity index (χ3n) is 3.52. The summed E-state index contributed by atoms with van der Waals surface area (Å²) >= 11 is 18.0. The average Bonchev–Trinajstić information content (AvgIpc) is 3.27. The molecule has 1 atom stereocenters. The minimum Gasteiger partial charge on any atom is -0.453 e. The normalized spacial score (nSPS) is 16.7. The van der Waals surface area contributed by atoms with Crippen LogP contribution in [0.2, 0.25) is 0 Å². The Morgan fingerprint density at radius 2 is 1.76 bits per heavy atom. The number of halogens is 3. The molecule has 0 heterocycles. The van der Waals surface area contributed by atoms with Gasteiger partial charge in [0.15, 0.2) is 6.10 Å². The van der Waals surface area contributed by atoms with E-state index < -0.39 is 9.90 Å². The first-order chi connectivity index (χ1) is 9.95. The van der Waals surface area contributed by atoms with Crippen molar-refractivity contribution >= 4 is 51.5 Å². The predicted molar refractivity (Wildman–Crippen MR) is 85.8 cm³/mol. The van der Waals surface area contributed by atoms with Crippen molar-refractivity contribution < 1.29 is 9.53 Å². The van der Waals surface area contributed by atoms with Crippen LogP contribution in [0, 0.1) is 5.92 Å². The molecule has 0 aliphatic heterocycles. The number of ether oxygens (including phenoxy) is 1. The molecule has 1 saturated carbocycles. The van der Waals surface area contributed by atoms with E-state index in [1.54, 1.807) is 0 Å². The number of hydrogen-bond donors (Lipinski definition) is 0. The van der Waals surface area contributed by atoms with Crippen molar-refractivity contribution in [2.45, 2.75) is 22.7 Å². The van der Waals surface area contributed by atoms with Crippen molar-refractivity contribution in [2.24, 2.45) is 5.92 Å². The lowest BCUT2D eigenvalue weighted by atomic mass is 10.0. The van der Waals surface area contributed by atoms with E-state index in [0.29, 0.717) is 5.56 Å². The van der Waals surface area contributed by atoms with E-state index in [-0.39, 0.29) is 11.9 Å². The Labute approximate surface area is 137 Å². The smallest absolute Gasteiger partial charge is 0.309 e. The molecule has 0 bridgehead atoms. The number of benzene rings is 2. The summed E-state index contributed by atoms with van der Waals surface area (Å²) in [5.41, 5.74) is 0.683. The molecule has 21 heavy (non-hydrogen) atoms. The summed E-state index contributed by atoms with van der Waals surface area (Å²) < 4.78 is 3.74. The molecular formula is C16H13Cl3O2. The molecule has 5 heteroatoms. The Balaban J connectivity index is 1.94. The van der Waals surface area contributed by atoms with Gasteiger partial charge in [0, 0.05) is 0 Å². The highest BCUT2D eigenvalue weighted by atomic mass is 35.6. The maximum Gasteiger partial charge on any atom is 0.309 e. The van der Waals surface area contributed by atoms with Crippen molar-refractivity contribution in [2.75, 3.05) is 0 Å². The fourth-order valence-corrected chi connectivity index (χ4v) is 2.74. The van der Waals surface area contributed by atoms with Crippen molar-refractivity contribution in [1.82, 2.24) is 0 Å². The van der Waals surface area contributed by atoms with E-state index in [4.69, 9.17) is 39.5 Å². The second-order valence-corrected chi connectivity index (χ2v) is 7.61. The highest BCUT2D eigenvalue weighted by molar-refractivity contribution is 6.68. The number of carbonyl (C=O) groups excluding carboxylic acids is 1. The van der Waals surface area contributed by atoms with Crippen LogP contribution in [-0.2, 0) is 9.53 Å². The fraction of sp³-hybridized carbons (Fsp3) is 0.312.